The summed E-state index contributed by atoms with van der Waals surface area (Å²) in [6.45, 7) is 3.67. The summed E-state index contributed by atoms with van der Waals surface area (Å²) in [7, 11) is 0. The van der Waals surface area contributed by atoms with Gasteiger partial charge in [0.15, 0.2) is 0 Å². The summed E-state index contributed by atoms with van der Waals surface area (Å²) in [5.41, 5.74) is 2.14. The van der Waals surface area contributed by atoms with E-state index in [0.717, 1.165) is 17.5 Å². The smallest absolute Gasteiger partial charge is 0.134 e. The van der Waals surface area contributed by atoms with Gasteiger partial charge in [0.05, 0.1) is 0 Å². The molecule has 0 aromatic heterocycles. The molecule has 1 aliphatic carbocycles. The summed E-state index contributed by atoms with van der Waals surface area (Å²) in [6.07, 6.45) is 1.54. The maximum Gasteiger partial charge on any atom is 0.134 e. The second kappa shape index (κ2) is 2.32. The van der Waals surface area contributed by atoms with Crippen LogP contribution in [0, 0.1) is 6.92 Å². The fourth-order valence-corrected chi connectivity index (χ4v) is 2.18. The van der Waals surface area contributed by atoms with Gasteiger partial charge in [0.1, 0.15) is 5.67 Å². The molecule has 12 heavy (non-hydrogen) atoms. The Morgan fingerprint density at radius 1 is 1.42 bits per heavy atom. The highest BCUT2D eigenvalue weighted by atomic mass is 19.1. The molecule has 0 nitrogen and oxygen atoms in total. The number of hydrogen-bond acceptors (Lipinski definition) is 0. The van der Waals surface area contributed by atoms with Gasteiger partial charge in [0, 0.05) is 0 Å². The molecule has 1 aromatic carbocycles. The standard InChI is InChI=1S/C11H13F/c1-8-4-3-5-9-6-7-11(2,12)10(8)9/h3-5H,6-7H2,1-2H3. The van der Waals surface area contributed by atoms with Crippen molar-refractivity contribution in [2.24, 2.45) is 0 Å². The molecule has 1 aromatic rings. The van der Waals surface area contributed by atoms with Gasteiger partial charge in [0.2, 0.25) is 0 Å². The van der Waals surface area contributed by atoms with Gasteiger partial charge < -0.3 is 0 Å². The van der Waals surface area contributed by atoms with Gasteiger partial charge in [-0.3, -0.25) is 0 Å². The fraction of sp³-hybridized carbons (Fsp3) is 0.455. The number of hydrogen-bond donors (Lipinski definition) is 0. The van der Waals surface area contributed by atoms with Crippen LogP contribution >= 0.6 is 0 Å². The molecule has 0 saturated heterocycles. The van der Waals surface area contributed by atoms with Crippen molar-refractivity contribution in [3.63, 3.8) is 0 Å². The van der Waals surface area contributed by atoms with Crippen molar-refractivity contribution in [2.75, 3.05) is 0 Å². The van der Waals surface area contributed by atoms with Crippen LogP contribution in [0.2, 0.25) is 0 Å². The zero-order valence-electron chi connectivity index (χ0n) is 7.52. The van der Waals surface area contributed by atoms with Gasteiger partial charge in [-0.25, -0.2) is 4.39 Å². The molecule has 0 saturated carbocycles. The van der Waals surface area contributed by atoms with Crippen molar-refractivity contribution in [1.82, 2.24) is 0 Å². The van der Waals surface area contributed by atoms with Gasteiger partial charge in [-0.05, 0) is 43.4 Å². The average Bonchev–Trinajstić information content (AvgIpc) is 2.29. The Hall–Kier alpha value is -0.850. The molecule has 0 N–H and O–H groups in total. The molecule has 0 spiro atoms. The Morgan fingerprint density at radius 3 is 2.83 bits per heavy atom. The van der Waals surface area contributed by atoms with Crippen LogP contribution in [0.5, 0.6) is 0 Å². The summed E-state index contributed by atoms with van der Waals surface area (Å²) < 4.78 is 13.9. The van der Waals surface area contributed by atoms with Gasteiger partial charge in [-0.15, -0.1) is 0 Å². The normalized spacial score (nSPS) is 27.2. The van der Waals surface area contributed by atoms with E-state index in [1.807, 2.05) is 25.1 Å². The topological polar surface area (TPSA) is 0 Å². The van der Waals surface area contributed by atoms with Crippen LogP contribution < -0.4 is 0 Å². The van der Waals surface area contributed by atoms with Gasteiger partial charge >= 0.3 is 0 Å². The van der Waals surface area contributed by atoms with Crippen molar-refractivity contribution in [2.45, 2.75) is 32.4 Å². The van der Waals surface area contributed by atoms with Crippen molar-refractivity contribution < 1.29 is 4.39 Å². The molecular weight excluding hydrogens is 151 g/mol. The number of benzene rings is 1. The molecule has 64 valence electrons. The van der Waals surface area contributed by atoms with Crippen LogP contribution in [0.1, 0.15) is 30.0 Å². The first-order chi connectivity index (χ1) is 5.61. The number of fused-ring (bicyclic) bond motifs is 1. The SMILES string of the molecule is Cc1cccc2c1C(C)(F)CC2. The second-order valence-electron chi connectivity index (χ2n) is 3.81. The molecule has 1 aliphatic rings. The van der Waals surface area contributed by atoms with Crippen molar-refractivity contribution in [3.05, 3.63) is 34.9 Å². The molecule has 0 radical (unpaired) electrons. The molecule has 0 fully saturated rings. The minimum atomic E-state index is -1.08. The summed E-state index contributed by atoms with van der Waals surface area (Å²) in [6, 6.07) is 6.03. The molecule has 2 rings (SSSR count). The summed E-state index contributed by atoms with van der Waals surface area (Å²) in [5, 5.41) is 0. The zero-order valence-corrected chi connectivity index (χ0v) is 7.52. The highest BCUT2D eigenvalue weighted by molar-refractivity contribution is 5.42. The largest absolute Gasteiger partial charge is 0.239 e. The number of alkyl halides is 1. The molecule has 0 aliphatic heterocycles. The second-order valence-corrected chi connectivity index (χ2v) is 3.81. The Kier molecular flexibility index (Phi) is 1.50. The third-order valence-corrected chi connectivity index (χ3v) is 2.74. The highest BCUT2D eigenvalue weighted by Crippen LogP contribution is 2.41. The van der Waals surface area contributed by atoms with E-state index in [9.17, 15) is 4.39 Å². The predicted molar refractivity (Wildman–Crippen MR) is 48.0 cm³/mol. The van der Waals surface area contributed by atoms with Gasteiger partial charge in [-0.2, -0.15) is 0 Å². The fourth-order valence-electron chi connectivity index (χ4n) is 2.18. The maximum atomic E-state index is 13.9. The Bertz CT molecular complexity index is 313. The van der Waals surface area contributed by atoms with Crippen LogP contribution in [0.3, 0.4) is 0 Å². The third-order valence-electron chi connectivity index (χ3n) is 2.74. The van der Waals surface area contributed by atoms with Crippen molar-refractivity contribution in [3.8, 4) is 0 Å². The average molecular weight is 164 g/mol. The Labute approximate surface area is 72.4 Å². The molecule has 1 atom stereocenters. The minimum Gasteiger partial charge on any atom is -0.239 e. The lowest BCUT2D eigenvalue weighted by Gasteiger charge is -2.16. The van der Waals surface area contributed by atoms with Gasteiger partial charge in [0.25, 0.3) is 0 Å². The van der Waals surface area contributed by atoms with E-state index in [1.54, 1.807) is 6.92 Å². The molecule has 0 amide bonds. The van der Waals surface area contributed by atoms with E-state index in [1.165, 1.54) is 5.56 Å². The summed E-state index contributed by atoms with van der Waals surface area (Å²) in [4.78, 5) is 0. The molecular formula is C11H13F. The third kappa shape index (κ3) is 0.961. The highest BCUT2D eigenvalue weighted by Gasteiger charge is 2.34. The first kappa shape index (κ1) is 7.78. The lowest BCUT2D eigenvalue weighted by atomic mass is 9.96. The van der Waals surface area contributed by atoms with E-state index >= 15 is 0 Å². The van der Waals surface area contributed by atoms with E-state index in [-0.39, 0.29) is 0 Å². The van der Waals surface area contributed by atoms with Crippen LogP contribution in [-0.2, 0) is 12.1 Å². The molecule has 0 bridgehead atoms. The van der Waals surface area contributed by atoms with E-state index in [0.29, 0.717) is 6.42 Å². The van der Waals surface area contributed by atoms with E-state index in [2.05, 4.69) is 0 Å². The zero-order chi connectivity index (χ0) is 8.77. The quantitative estimate of drug-likeness (QED) is 0.552. The van der Waals surface area contributed by atoms with Crippen LogP contribution in [0.15, 0.2) is 18.2 Å². The molecule has 0 heterocycles. The first-order valence-corrected chi connectivity index (χ1v) is 4.39. The van der Waals surface area contributed by atoms with Crippen LogP contribution in [0.25, 0.3) is 0 Å². The Balaban J connectivity index is 2.64. The summed E-state index contributed by atoms with van der Waals surface area (Å²) in [5.74, 6) is 0. The minimum absolute atomic E-state index is 0.646. The summed E-state index contributed by atoms with van der Waals surface area (Å²) >= 11 is 0. The lowest BCUT2D eigenvalue weighted by Crippen LogP contribution is -2.11. The monoisotopic (exact) mass is 164 g/mol. The Morgan fingerprint density at radius 2 is 2.17 bits per heavy atom. The molecule has 1 unspecified atom stereocenters. The number of aryl methyl sites for hydroxylation is 2. The van der Waals surface area contributed by atoms with Crippen molar-refractivity contribution in [1.29, 1.82) is 0 Å². The van der Waals surface area contributed by atoms with Gasteiger partial charge in [-0.1, -0.05) is 18.2 Å². The van der Waals surface area contributed by atoms with E-state index < -0.39 is 5.67 Å². The maximum absolute atomic E-state index is 13.9. The number of rotatable bonds is 0. The van der Waals surface area contributed by atoms with Crippen LogP contribution in [0.4, 0.5) is 4.39 Å². The van der Waals surface area contributed by atoms with E-state index in [4.69, 9.17) is 0 Å². The van der Waals surface area contributed by atoms with Crippen LogP contribution in [-0.4, -0.2) is 0 Å². The number of halogens is 1. The molecule has 1 heteroatoms. The predicted octanol–water partition coefficient (Wildman–Crippen LogP) is 3.13. The first-order valence-electron chi connectivity index (χ1n) is 4.39. The van der Waals surface area contributed by atoms with Crippen molar-refractivity contribution >= 4 is 0 Å². The lowest BCUT2D eigenvalue weighted by molar-refractivity contribution is 0.193.